The lowest BCUT2D eigenvalue weighted by Gasteiger charge is -2.12. The van der Waals surface area contributed by atoms with E-state index >= 15 is 0 Å². The van der Waals surface area contributed by atoms with Crippen LogP contribution in [-0.4, -0.2) is 18.7 Å². The van der Waals surface area contributed by atoms with Gasteiger partial charge in [-0.1, -0.05) is 64.5 Å². The Morgan fingerprint density at radius 3 is 1.97 bits per heavy atom. The molecule has 0 radical (unpaired) electrons. The lowest BCUT2D eigenvalue weighted by molar-refractivity contribution is -0.146. The molecule has 174 valence electrons. The van der Waals surface area contributed by atoms with Crippen LogP contribution >= 0.6 is 0 Å². The van der Waals surface area contributed by atoms with Crippen molar-refractivity contribution >= 4 is 17.3 Å². The first kappa shape index (κ1) is 25.7. The van der Waals surface area contributed by atoms with E-state index in [0.717, 1.165) is 24.9 Å². The second-order valence-electron chi connectivity index (χ2n) is 8.17. The number of benzene rings is 2. The second kappa shape index (κ2) is 15.3. The third kappa shape index (κ3) is 10.2. The van der Waals surface area contributed by atoms with Gasteiger partial charge < -0.3 is 9.47 Å². The lowest BCUT2D eigenvalue weighted by atomic mass is 10.0. The van der Waals surface area contributed by atoms with E-state index in [-0.39, 0.29) is 0 Å². The van der Waals surface area contributed by atoms with Gasteiger partial charge in [-0.3, -0.25) is 0 Å². The standard InChI is InChI=1S/C27H38N2O3/c1-4-6-8-9-10-11-12-23-13-15-24(16-14-23)28-29-25-17-19-26(20-18-25)32-27(30)22(3)31-21-7-5-2/h13-20,22H,4-12,21H2,1-3H3. The summed E-state index contributed by atoms with van der Waals surface area (Å²) in [4.78, 5) is 12.1. The highest BCUT2D eigenvalue weighted by Gasteiger charge is 2.15. The van der Waals surface area contributed by atoms with Crippen LogP contribution in [0.25, 0.3) is 0 Å². The normalized spacial score (nSPS) is 12.2. The third-order valence-electron chi connectivity index (χ3n) is 5.29. The fourth-order valence-electron chi connectivity index (χ4n) is 3.21. The van der Waals surface area contributed by atoms with Crippen molar-refractivity contribution in [3.63, 3.8) is 0 Å². The minimum Gasteiger partial charge on any atom is -0.425 e. The van der Waals surface area contributed by atoms with E-state index in [4.69, 9.17) is 9.47 Å². The van der Waals surface area contributed by atoms with Gasteiger partial charge in [-0.2, -0.15) is 10.2 Å². The number of hydrogen-bond acceptors (Lipinski definition) is 5. The van der Waals surface area contributed by atoms with E-state index in [0.29, 0.717) is 18.0 Å². The fraction of sp³-hybridized carbons (Fsp3) is 0.519. The van der Waals surface area contributed by atoms with Crippen molar-refractivity contribution in [1.29, 1.82) is 0 Å². The molecule has 5 heteroatoms. The van der Waals surface area contributed by atoms with Gasteiger partial charge >= 0.3 is 5.97 Å². The maximum atomic E-state index is 12.1. The number of unbranched alkanes of at least 4 members (excludes halogenated alkanes) is 6. The molecule has 2 rings (SSSR count). The van der Waals surface area contributed by atoms with Crippen molar-refractivity contribution in [2.75, 3.05) is 6.61 Å². The number of rotatable bonds is 15. The molecule has 1 atom stereocenters. The number of ether oxygens (including phenoxy) is 2. The molecule has 0 spiro atoms. The first-order valence-electron chi connectivity index (χ1n) is 12.1. The Labute approximate surface area is 193 Å². The number of aryl methyl sites for hydroxylation is 1. The zero-order valence-electron chi connectivity index (χ0n) is 19.9. The number of hydrogen-bond donors (Lipinski definition) is 0. The van der Waals surface area contributed by atoms with Crippen LogP contribution in [0.2, 0.25) is 0 Å². The van der Waals surface area contributed by atoms with Gasteiger partial charge in [-0.25, -0.2) is 4.79 Å². The van der Waals surface area contributed by atoms with Crippen molar-refractivity contribution in [3.8, 4) is 5.75 Å². The van der Waals surface area contributed by atoms with Crippen molar-refractivity contribution in [2.45, 2.75) is 84.7 Å². The average molecular weight is 439 g/mol. The maximum Gasteiger partial charge on any atom is 0.340 e. The van der Waals surface area contributed by atoms with Crippen LogP contribution < -0.4 is 4.74 Å². The molecule has 32 heavy (non-hydrogen) atoms. The Morgan fingerprint density at radius 1 is 0.781 bits per heavy atom. The number of nitrogens with zero attached hydrogens (tertiary/aromatic N) is 2. The quantitative estimate of drug-likeness (QED) is 0.122. The predicted molar refractivity (Wildman–Crippen MR) is 130 cm³/mol. The van der Waals surface area contributed by atoms with Crippen LogP contribution in [-0.2, 0) is 16.0 Å². The van der Waals surface area contributed by atoms with Crippen LogP contribution in [0, 0.1) is 0 Å². The first-order chi connectivity index (χ1) is 15.6. The zero-order chi connectivity index (χ0) is 23.0. The fourth-order valence-corrected chi connectivity index (χ4v) is 3.21. The predicted octanol–water partition coefficient (Wildman–Crippen LogP) is 8.12. The molecule has 0 saturated heterocycles. The van der Waals surface area contributed by atoms with E-state index in [1.165, 1.54) is 44.1 Å². The molecule has 0 saturated carbocycles. The Balaban J connectivity index is 1.76. The SMILES string of the molecule is CCCCCCCCc1ccc(N=Nc2ccc(OC(=O)C(C)OCCCC)cc2)cc1. The second-order valence-corrected chi connectivity index (χ2v) is 8.17. The zero-order valence-corrected chi connectivity index (χ0v) is 19.9. The molecule has 0 aliphatic rings. The van der Waals surface area contributed by atoms with Gasteiger partial charge in [-0.05, 0) is 68.1 Å². The molecule has 0 aromatic heterocycles. The third-order valence-corrected chi connectivity index (χ3v) is 5.29. The van der Waals surface area contributed by atoms with Gasteiger partial charge in [-0.15, -0.1) is 0 Å². The number of esters is 1. The average Bonchev–Trinajstić information content (AvgIpc) is 2.81. The molecule has 2 aromatic carbocycles. The van der Waals surface area contributed by atoms with E-state index < -0.39 is 12.1 Å². The van der Waals surface area contributed by atoms with Crippen molar-refractivity contribution in [1.82, 2.24) is 0 Å². The van der Waals surface area contributed by atoms with Crippen LogP contribution in [0.4, 0.5) is 11.4 Å². The molecule has 0 heterocycles. The molecule has 2 aromatic rings. The van der Waals surface area contributed by atoms with Gasteiger partial charge in [0, 0.05) is 6.61 Å². The molecule has 0 fully saturated rings. The van der Waals surface area contributed by atoms with Crippen LogP contribution in [0.5, 0.6) is 5.75 Å². The molecule has 0 aliphatic heterocycles. The van der Waals surface area contributed by atoms with Crippen molar-refractivity contribution in [2.24, 2.45) is 10.2 Å². The van der Waals surface area contributed by atoms with Crippen molar-refractivity contribution in [3.05, 3.63) is 54.1 Å². The summed E-state index contributed by atoms with van der Waals surface area (Å²) in [5.74, 6) is 0.0791. The molecule has 0 N–H and O–H groups in total. The van der Waals surface area contributed by atoms with Crippen molar-refractivity contribution < 1.29 is 14.3 Å². The topological polar surface area (TPSA) is 60.2 Å². The molecule has 1 unspecified atom stereocenters. The summed E-state index contributed by atoms with van der Waals surface area (Å²) in [6, 6.07) is 15.3. The Hall–Kier alpha value is -2.53. The Morgan fingerprint density at radius 2 is 1.34 bits per heavy atom. The summed E-state index contributed by atoms with van der Waals surface area (Å²) >= 11 is 0. The molecular weight excluding hydrogens is 400 g/mol. The summed E-state index contributed by atoms with van der Waals surface area (Å²) in [6.45, 7) is 6.60. The van der Waals surface area contributed by atoms with Gasteiger partial charge in [0.15, 0.2) is 6.10 Å². The maximum absolute atomic E-state index is 12.1. The summed E-state index contributed by atoms with van der Waals surface area (Å²) in [5.41, 5.74) is 2.87. The minimum absolute atomic E-state index is 0.392. The number of carbonyl (C=O) groups is 1. The number of carbonyl (C=O) groups excluding carboxylic acids is 1. The van der Waals surface area contributed by atoms with E-state index in [2.05, 4.69) is 36.2 Å². The highest BCUT2D eigenvalue weighted by Crippen LogP contribution is 2.22. The summed E-state index contributed by atoms with van der Waals surface area (Å²) in [7, 11) is 0. The van der Waals surface area contributed by atoms with Gasteiger partial charge in [0.25, 0.3) is 0 Å². The molecular formula is C27H38N2O3. The highest BCUT2D eigenvalue weighted by molar-refractivity contribution is 5.76. The van der Waals surface area contributed by atoms with E-state index in [1.54, 1.807) is 31.2 Å². The summed E-state index contributed by atoms with van der Waals surface area (Å²) in [6.07, 6.45) is 10.4. The van der Waals surface area contributed by atoms with Gasteiger partial charge in [0.2, 0.25) is 0 Å². The smallest absolute Gasteiger partial charge is 0.340 e. The van der Waals surface area contributed by atoms with E-state index in [9.17, 15) is 4.79 Å². The Kier molecular flexibility index (Phi) is 12.3. The summed E-state index contributed by atoms with van der Waals surface area (Å²) in [5, 5.41) is 8.58. The van der Waals surface area contributed by atoms with E-state index in [1.807, 2.05) is 12.1 Å². The molecule has 5 nitrogen and oxygen atoms in total. The molecule has 0 bridgehead atoms. The number of azo groups is 1. The molecule has 0 aliphatic carbocycles. The lowest BCUT2D eigenvalue weighted by Crippen LogP contribution is -2.26. The monoisotopic (exact) mass is 438 g/mol. The van der Waals surface area contributed by atoms with Gasteiger partial charge in [0.05, 0.1) is 11.4 Å². The first-order valence-corrected chi connectivity index (χ1v) is 12.1. The minimum atomic E-state index is -0.579. The summed E-state index contributed by atoms with van der Waals surface area (Å²) < 4.78 is 10.8. The van der Waals surface area contributed by atoms with Crippen LogP contribution in [0.1, 0.15) is 77.7 Å². The van der Waals surface area contributed by atoms with Crippen LogP contribution in [0.15, 0.2) is 58.8 Å². The largest absolute Gasteiger partial charge is 0.425 e. The molecule has 0 amide bonds. The Bertz CT molecular complexity index is 801. The highest BCUT2D eigenvalue weighted by atomic mass is 16.6. The van der Waals surface area contributed by atoms with Crippen LogP contribution in [0.3, 0.4) is 0 Å². The van der Waals surface area contributed by atoms with Gasteiger partial charge in [0.1, 0.15) is 5.75 Å².